The number of benzene rings is 2. The van der Waals surface area contributed by atoms with Gasteiger partial charge in [0.05, 0.1) is 15.6 Å². The number of carbonyl (C=O) groups is 1. The Morgan fingerprint density at radius 1 is 1.19 bits per heavy atom. The Kier molecular flexibility index (Phi) is 5.93. The highest BCUT2D eigenvalue weighted by molar-refractivity contribution is 7.90. The van der Waals surface area contributed by atoms with Crippen LogP contribution in [-0.4, -0.2) is 43.0 Å². The van der Waals surface area contributed by atoms with Gasteiger partial charge >= 0.3 is 6.09 Å². The molecule has 8 nitrogen and oxygen atoms in total. The molecule has 0 aliphatic rings. The highest BCUT2D eigenvalue weighted by Crippen LogP contribution is 2.25. The van der Waals surface area contributed by atoms with Crippen LogP contribution in [0.3, 0.4) is 0 Å². The molecular formula is C17H18N2O6S. The first-order valence-electron chi connectivity index (χ1n) is 7.69. The molecule has 26 heavy (non-hydrogen) atoms. The van der Waals surface area contributed by atoms with Crippen molar-refractivity contribution in [3.63, 3.8) is 0 Å². The number of carboxylic acid groups (broad SMARTS) is 1. The molecule has 0 unspecified atom stereocenters. The third-order valence-corrected chi connectivity index (χ3v) is 5.53. The SMILES string of the molecule is CN(CCc1ccc([N+](=O)[O-])c(CS(=O)(=O)c2ccccc2)c1)C(=O)O. The number of nitro benzene ring substituents is 1. The predicted octanol–water partition coefficient (Wildman–Crippen LogP) is 2.72. The van der Waals surface area contributed by atoms with Gasteiger partial charge in [0.1, 0.15) is 0 Å². The van der Waals surface area contributed by atoms with Crippen molar-refractivity contribution in [3.8, 4) is 0 Å². The largest absolute Gasteiger partial charge is 0.465 e. The van der Waals surface area contributed by atoms with Gasteiger partial charge < -0.3 is 10.0 Å². The fourth-order valence-electron chi connectivity index (χ4n) is 2.40. The maximum Gasteiger partial charge on any atom is 0.407 e. The summed E-state index contributed by atoms with van der Waals surface area (Å²) in [6, 6.07) is 11.9. The quantitative estimate of drug-likeness (QED) is 0.585. The molecule has 9 heteroatoms. The maximum absolute atomic E-state index is 12.5. The zero-order valence-corrected chi connectivity index (χ0v) is 14.8. The zero-order chi connectivity index (χ0) is 19.3. The van der Waals surface area contributed by atoms with Crippen molar-refractivity contribution in [2.24, 2.45) is 0 Å². The number of nitro groups is 1. The third-order valence-electron chi connectivity index (χ3n) is 3.85. The van der Waals surface area contributed by atoms with Gasteiger partial charge in [-0.25, -0.2) is 13.2 Å². The molecule has 0 spiro atoms. The molecule has 0 bridgehead atoms. The van der Waals surface area contributed by atoms with Crippen molar-refractivity contribution < 1.29 is 23.2 Å². The lowest BCUT2D eigenvalue weighted by molar-refractivity contribution is -0.385. The topological polar surface area (TPSA) is 118 Å². The zero-order valence-electron chi connectivity index (χ0n) is 14.0. The Balaban J connectivity index is 2.31. The Bertz CT molecular complexity index is 912. The minimum atomic E-state index is -3.74. The minimum absolute atomic E-state index is 0.0781. The van der Waals surface area contributed by atoms with Crippen LogP contribution in [0.2, 0.25) is 0 Å². The van der Waals surface area contributed by atoms with E-state index in [2.05, 4.69) is 0 Å². The minimum Gasteiger partial charge on any atom is -0.465 e. The maximum atomic E-state index is 12.5. The lowest BCUT2D eigenvalue weighted by Crippen LogP contribution is -2.26. The monoisotopic (exact) mass is 378 g/mol. The van der Waals surface area contributed by atoms with E-state index in [1.54, 1.807) is 18.2 Å². The van der Waals surface area contributed by atoms with Crippen LogP contribution in [0.25, 0.3) is 0 Å². The van der Waals surface area contributed by atoms with Crippen molar-refractivity contribution in [1.82, 2.24) is 4.90 Å². The third kappa shape index (κ3) is 4.79. The standard InChI is InChI=1S/C17H18N2O6S/c1-18(17(20)21)10-9-13-7-8-16(19(22)23)14(11-13)12-26(24,25)15-5-3-2-4-6-15/h2-8,11H,9-10,12H2,1H3,(H,20,21). The van der Waals surface area contributed by atoms with Gasteiger partial charge in [-0.1, -0.05) is 24.3 Å². The van der Waals surface area contributed by atoms with Crippen LogP contribution in [0.1, 0.15) is 11.1 Å². The lowest BCUT2D eigenvalue weighted by Gasteiger charge is -2.13. The molecule has 2 aromatic rings. The molecule has 0 radical (unpaired) electrons. The van der Waals surface area contributed by atoms with Crippen molar-refractivity contribution in [1.29, 1.82) is 0 Å². The first kappa shape index (κ1) is 19.4. The molecule has 0 saturated heterocycles. The van der Waals surface area contributed by atoms with Crippen LogP contribution < -0.4 is 0 Å². The molecule has 138 valence electrons. The summed E-state index contributed by atoms with van der Waals surface area (Å²) in [5.74, 6) is -0.504. The van der Waals surface area contributed by atoms with Gasteiger partial charge in [0.2, 0.25) is 0 Å². The first-order valence-corrected chi connectivity index (χ1v) is 9.34. The Morgan fingerprint density at radius 2 is 1.85 bits per heavy atom. The lowest BCUT2D eigenvalue weighted by atomic mass is 10.1. The second kappa shape index (κ2) is 7.96. The van der Waals surface area contributed by atoms with Crippen molar-refractivity contribution >= 4 is 21.6 Å². The number of hydrogen-bond acceptors (Lipinski definition) is 5. The molecule has 0 aliphatic carbocycles. The Labute approximate surface area is 150 Å². The summed E-state index contributed by atoms with van der Waals surface area (Å²) in [4.78, 5) is 22.6. The molecule has 0 saturated carbocycles. The molecule has 0 aromatic heterocycles. The summed E-state index contributed by atoms with van der Waals surface area (Å²) in [5.41, 5.74) is 0.427. The number of rotatable bonds is 7. The number of nitrogens with zero attached hydrogens (tertiary/aromatic N) is 2. The summed E-state index contributed by atoms with van der Waals surface area (Å²) >= 11 is 0. The molecule has 0 heterocycles. The summed E-state index contributed by atoms with van der Waals surface area (Å²) in [5, 5.41) is 20.1. The second-order valence-electron chi connectivity index (χ2n) is 5.75. The number of amides is 1. The van der Waals surface area contributed by atoms with Crippen LogP contribution >= 0.6 is 0 Å². The molecular weight excluding hydrogens is 360 g/mol. The average Bonchev–Trinajstić information content (AvgIpc) is 2.59. The van der Waals surface area contributed by atoms with Crippen LogP contribution in [0, 0.1) is 10.1 Å². The van der Waals surface area contributed by atoms with E-state index >= 15 is 0 Å². The van der Waals surface area contributed by atoms with Crippen LogP contribution in [0.4, 0.5) is 10.5 Å². The predicted molar refractivity (Wildman–Crippen MR) is 94.8 cm³/mol. The highest BCUT2D eigenvalue weighted by atomic mass is 32.2. The number of hydrogen-bond donors (Lipinski definition) is 1. The van der Waals surface area contributed by atoms with Crippen molar-refractivity contribution in [3.05, 3.63) is 69.8 Å². The molecule has 0 aliphatic heterocycles. The van der Waals surface area contributed by atoms with Gasteiger partial charge in [-0.15, -0.1) is 0 Å². The van der Waals surface area contributed by atoms with Gasteiger partial charge in [0.15, 0.2) is 9.84 Å². The van der Waals surface area contributed by atoms with Crippen molar-refractivity contribution in [2.75, 3.05) is 13.6 Å². The summed E-state index contributed by atoms with van der Waals surface area (Å²) in [6.07, 6.45) is -0.766. The van der Waals surface area contributed by atoms with Crippen LogP contribution in [0.5, 0.6) is 0 Å². The normalized spacial score (nSPS) is 11.1. The summed E-state index contributed by atoms with van der Waals surface area (Å²) < 4.78 is 25.1. The smallest absolute Gasteiger partial charge is 0.407 e. The molecule has 0 fully saturated rings. The first-order chi connectivity index (χ1) is 12.2. The molecule has 0 atom stereocenters. The fourth-order valence-corrected chi connectivity index (χ4v) is 3.78. The molecule has 2 rings (SSSR count). The van der Waals surface area contributed by atoms with Crippen molar-refractivity contribution in [2.45, 2.75) is 17.1 Å². The summed E-state index contributed by atoms with van der Waals surface area (Å²) in [7, 11) is -2.33. The number of sulfone groups is 1. The fraction of sp³-hybridized carbons (Fsp3) is 0.235. The summed E-state index contributed by atoms with van der Waals surface area (Å²) in [6.45, 7) is 0.192. The molecule has 2 aromatic carbocycles. The van der Waals surface area contributed by atoms with Gasteiger partial charge in [0.25, 0.3) is 5.69 Å². The van der Waals surface area contributed by atoms with E-state index in [4.69, 9.17) is 5.11 Å². The van der Waals surface area contributed by atoms with E-state index in [-0.39, 0.29) is 22.7 Å². The van der Waals surface area contributed by atoms with Gasteiger partial charge in [-0.2, -0.15) is 0 Å². The van der Waals surface area contributed by atoms with E-state index in [1.165, 1.54) is 37.4 Å². The van der Waals surface area contributed by atoms with Gasteiger partial charge in [0, 0.05) is 25.2 Å². The average molecular weight is 378 g/mol. The Morgan fingerprint density at radius 3 is 2.42 bits per heavy atom. The Hall–Kier alpha value is -2.94. The van der Waals surface area contributed by atoms with E-state index in [9.17, 15) is 23.3 Å². The highest BCUT2D eigenvalue weighted by Gasteiger charge is 2.22. The van der Waals surface area contributed by atoms with Crippen LogP contribution in [-0.2, 0) is 22.0 Å². The van der Waals surface area contributed by atoms with E-state index in [1.807, 2.05) is 0 Å². The van der Waals surface area contributed by atoms with Gasteiger partial charge in [-0.05, 0) is 30.2 Å². The second-order valence-corrected chi connectivity index (χ2v) is 7.74. The van der Waals surface area contributed by atoms with Crippen LogP contribution in [0.15, 0.2) is 53.4 Å². The molecule has 1 amide bonds. The van der Waals surface area contributed by atoms with E-state index in [0.717, 1.165) is 4.90 Å². The van der Waals surface area contributed by atoms with Gasteiger partial charge in [-0.3, -0.25) is 10.1 Å². The van der Waals surface area contributed by atoms with E-state index in [0.29, 0.717) is 12.0 Å². The number of likely N-dealkylation sites (N-methyl/N-ethyl adjacent to an activating group) is 1. The molecule has 1 N–H and O–H groups in total. The van der Waals surface area contributed by atoms with E-state index < -0.39 is 26.6 Å².